The Kier molecular flexibility index (Phi) is 4.30. The topological polar surface area (TPSA) is 90.4 Å². The molecule has 1 aliphatic heterocycles. The minimum atomic E-state index is 0.0991. The molecular formula is C21H23N9. The van der Waals surface area contributed by atoms with Crippen molar-refractivity contribution in [2.75, 3.05) is 4.90 Å². The molecule has 0 radical (unpaired) electrons. The fraction of sp³-hybridized carbons (Fsp3) is 0.333. The van der Waals surface area contributed by atoms with Crippen molar-refractivity contribution in [3.05, 3.63) is 54.8 Å². The first-order chi connectivity index (χ1) is 14.6. The Labute approximate surface area is 174 Å². The van der Waals surface area contributed by atoms with E-state index in [4.69, 9.17) is 4.98 Å². The Morgan fingerprint density at radius 3 is 2.70 bits per heavy atom. The highest BCUT2D eigenvalue weighted by atomic mass is 15.4. The fourth-order valence-corrected chi connectivity index (χ4v) is 4.14. The Bertz CT molecular complexity index is 1190. The third-order valence-electron chi connectivity index (χ3n) is 5.43. The van der Waals surface area contributed by atoms with Crippen molar-refractivity contribution in [3.63, 3.8) is 0 Å². The number of fused-ring (bicyclic) bond motifs is 3. The molecule has 30 heavy (non-hydrogen) atoms. The summed E-state index contributed by atoms with van der Waals surface area (Å²) in [6.07, 6.45) is 9.92. The number of hydrogen-bond acceptors (Lipinski definition) is 7. The van der Waals surface area contributed by atoms with Crippen molar-refractivity contribution in [3.8, 4) is 23.0 Å². The van der Waals surface area contributed by atoms with Crippen LogP contribution in [0.15, 0.2) is 43.1 Å². The van der Waals surface area contributed by atoms with Gasteiger partial charge in [0, 0.05) is 36.4 Å². The number of nitrogens with zero attached hydrogens (tertiary/aromatic N) is 9. The van der Waals surface area contributed by atoms with Crippen molar-refractivity contribution in [2.45, 2.75) is 46.2 Å². The molecule has 1 unspecified atom stereocenters. The number of imidazole rings is 1. The van der Waals surface area contributed by atoms with Crippen LogP contribution in [0.25, 0.3) is 23.0 Å². The van der Waals surface area contributed by atoms with E-state index < -0.39 is 0 Å². The SMILES string of the molecule is CCC1c2nnc(C)n2-c2cnc(-n3ccnc3-c3cccnc3)nc2N1C(C)C. The first-order valence-corrected chi connectivity index (χ1v) is 10.1. The highest BCUT2D eigenvalue weighted by Gasteiger charge is 2.36. The van der Waals surface area contributed by atoms with E-state index in [9.17, 15) is 0 Å². The van der Waals surface area contributed by atoms with Crippen LogP contribution < -0.4 is 4.90 Å². The molecule has 5 rings (SSSR count). The molecule has 1 aliphatic rings. The lowest BCUT2D eigenvalue weighted by molar-refractivity contribution is 0.496. The third kappa shape index (κ3) is 2.69. The van der Waals surface area contributed by atoms with Gasteiger partial charge in [0.2, 0.25) is 5.95 Å². The molecule has 1 atom stereocenters. The van der Waals surface area contributed by atoms with Gasteiger partial charge >= 0.3 is 0 Å². The van der Waals surface area contributed by atoms with Gasteiger partial charge in [-0.05, 0) is 39.3 Å². The Hall–Kier alpha value is -3.62. The van der Waals surface area contributed by atoms with Crippen LogP contribution >= 0.6 is 0 Å². The zero-order chi connectivity index (χ0) is 20.8. The molecule has 0 bridgehead atoms. The van der Waals surface area contributed by atoms with Crippen LogP contribution in [-0.4, -0.2) is 45.3 Å². The second-order valence-corrected chi connectivity index (χ2v) is 7.61. The monoisotopic (exact) mass is 401 g/mol. The van der Waals surface area contributed by atoms with E-state index in [0.29, 0.717) is 5.95 Å². The van der Waals surface area contributed by atoms with Crippen molar-refractivity contribution < 1.29 is 0 Å². The largest absolute Gasteiger partial charge is 0.342 e. The van der Waals surface area contributed by atoms with Crippen LogP contribution in [-0.2, 0) is 0 Å². The van der Waals surface area contributed by atoms with Gasteiger partial charge in [-0.3, -0.25) is 14.1 Å². The molecule has 9 heteroatoms. The number of pyridine rings is 1. The lowest BCUT2D eigenvalue weighted by Crippen LogP contribution is -2.40. The highest BCUT2D eigenvalue weighted by Crippen LogP contribution is 2.40. The number of hydrogen-bond donors (Lipinski definition) is 0. The molecule has 0 saturated heterocycles. The third-order valence-corrected chi connectivity index (χ3v) is 5.43. The van der Waals surface area contributed by atoms with Crippen LogP contribution in [0.1, 0.15) is 44.9 Å². The van der Waals surface area contributed by atoms with Crippen molar-refractivity contribution >= 4 is 5.82 Å². The Morgan fingerprint density at radius 1 is 1.10 bits per heavy atom. The molecule has 4 aromatic rings. The van der Waals surface area contributed by atoms with Gasteiger partial charge in [0.25, 0.3) is 0 Å². The summed E-state index contributed by atoms with van der Waals surface area (Å²) in [4.78, 5) is 20.7. The van der Waals surface area contributed by atoms with Gasteiger partial charge in [0.05, 0.1) is 12.2 Å². The van der Waals surface area contributed by atoms with Crippen LogP contribution in [0, 0.1) is 6.92 Å². The lowest BCUT2D eigenvalue weighted by atomic mass is 10.1. The summed E-state index contributed by atoms with van der Waals surface area (Å²) < 4.78 is 3.97. The van der Waals surface area contributed by atoms with Crippen molar-refractivity contribution in [1.29, 1.82) is 0 Å². The summed E-state index contributed by atoms with van der Waals surface area (Å²) in [5.41, 5.74) is 1.81. The lowest BCUT2D eigenvalue weighted by Gasteiger charge is -2.39. The summed E-state index contributed by atoms with van der Waals surface area (Å²) in [5, 5.41) is 8.78. The minimum Gasteiger partial charge on any atom is -0.342 e. The van der Waals surface area contributed by atoms with Gasteiger partial charge in [-0.25, -0.2) is 9.97 Å². The number of aromatic nitrogens is 8. The van der Waals surface area contributed by atoms with Crippen molar-refractivity contribution in [2.24, 2.45) is 0 Å². The number of anilines is 1. The fourth-order valence-electron chi connectivity index (χ4n) is 4.14. The Morgan fingerprint density at radius 2 is 1.97 bits per heavy atom. The van der Waals surface area contributed by atoms with Crippen LogP contribution in [0.2, 0.25) is 0 Å². The van der Waals surface area contributed by atoms with Gasteiger partial charge in [-0.1, -0.05) is 6.92 Å². The Balaban J connectivity index is 1.70. The van der Waals surface area contributed by atoms with E-state index in [0.717, 1.165) is 41.0 Å². The second kappa shape index (κ2) is 7.01. The van der Waals surface area contributed by atoms with E-state index in [1.807, 2.05) is 36.0 Å². The highest BCUT2D eigenvalue weighted by molar-refractivity contribution is 5.64. The molecule has 0 aliphatic carbocycles. The average Bonchev–Trinajstić information content (AvgIpc) is 3.40. The van der Waals surface area contributed by atoms with Gasteiger partial charge in [0.1, 0.15) is 17.3 Å². The predicted octanol–water partition coefficient (Wildman–Crippen LogP) is 3.29. The van der Waals surface area contributed by atoms with Gasteiger partial charge in [-0.2, -0.15) is 4.98 Å². The second-order valence-electron chi connectivity index (χ2n) is 7.61. The molecule has 9 nitrogen and oxygen atoms in total. The summed E-state index contributed by atoms with van der Waals surface area (Å²) in [5.74, 6) is 3.97. The van der Waals surface area contributed by atoms with Crippen LogP contribution in [0.5, 0.6) is 0 Å². The normalized spacial score (nSPS) is 15.4. The first-order valence-electron chi connectivity index (χ1n) is 10.1. The van der Waals surface area contributed by atoms with Gasteiger partial charge < -0.3 is 4.90 Å². The first kappa shape index (κ1) is 18.4. The quantitative estimate of drug-likeness (QED) is 0.518. The standard InChI is InChI=1S/C21H23N9/c1-5-16-20-27-26-14(4)30(20)17-12-24-21(25-19(17)29(16)13(2)3)28-10-9-23-18(28)15-7-6-8-22-11-15/h6-13,16H,5H2,1-4H3. The molecule has 0 aromatic carbocycles. The zero-order valence-corrected chi connectivity index (χ0v) is 17.4. The molecular weight excluding hydrogens is 378 g/mol. The molecule has 152 valence electrons. The molecule has 0 spiro atoms. The summed E-state index contributed by atoms with van der Waals surface area (Å²) in [7, 11) is 0. The maximum absolute atomic E-state index is 5.00. The van der Waals surface area contributed by atoms with Crippen LogP contribution in [0.4, 0.5) is 5.82 Å². The number of rotatable bonds is 4. The summed E-state index contributed by atoms with van der Waals surface area (Å²) >= 11 is 0. The molecule has 0 amide bonds. The summed E-state index contributed by atoms with van der Waals surface area (Å²) in [6.45, 7) is 8.47. The smallest absolute Gasteiger partial charge is 0.237 e. The van der Waals surface area contributed by atoms with Gasteiger partial charge in [0.15, 0.2) is 11.6 Å². The van der Waals surface area contributed by atoms with Gasteiger partial charge in [-0.15, -0.1) is 10.2 Å². The van der Waals surface area contributed by atoms with E-state index in [-0.39, 0.29) is 12.1 Å². The maximum Gasteiger partial charge on any atom is 0.237 e. The molecule has 0 fully saturated rings. The van der Waals surface area contributed by atoms with Crippen LogP contribution in [0.3, 0.4) is 0 Å². The molecule has 0 saturated carbocycles. The average molecular weight is 401 g/mol. The molecule has 4 aromatic heterocycles. The van der Waals surface area contributed by atoms with E-state index in [1.165, 1.54) is 0 Å². The minimum absolute atomic E-state index is 0.0991. The maximum atomic E-state index is 5.00. The van der Waals surface area contributed by atoms with E-state index in [2.05, 4.69) is 55.4 Å². The predicted molar refractivity (Wildman–Crippen MR) is 113 cm³/mol. The summed E-state index contributed by atoms with van der Waals surface area (Å²) in [6, 6.07) is 4.21. The van der Waals surface area contributed by atoms with Crippen molar-refractivity contribution in [1.82, 2.24) is 39.3 Å². The molecule has 5 heterocycles. The number of aryl methyl sites for hydroxylation is 1. The molecule has 0 N–H and O–H groups in total. The van der Waals surface area contributed by atoms with E-state index in [1.54, 1.807) is 18.6 Å². The zero-order valence-electron chi connectivity index (χ0n) is 17.4. The van der Waals surface area contributed by atoms with E-state index >= 15 is 0 Å².